The Morgan fingerprint density at radius 3 is 2.81 bits per heavy atom. The minimum Gasteiger partial charge on any atom is -0.491 e. The van der Waals surface area contributed by atoms with Gasteiger partial charge in [-0.05, 0) is 24.3 Å². The van der Waals surface area contributed by atoms with Gasteiger partial charge in [0.2, 0.25) is 0 Å². The van der Waals surface area contributed by atoms with Crippen molar-refractivity contribution in [1.29, 1.82) is 0 Å². The molecule has 0 saturated heterocycles. The highest BCUT2D eigenvalue weighted by molar-refractivity contribution is 5.22. The molecule has 0 fully saturated rings. The van der Waals surface area contributed by atoms with Crippen LogP contribution in [-0.4, -0.2) is 45.7 Å². The molecule has 0 aliphatic rings. The standard InChI is InChI=1S/C14H19FN4O2/c1-19-10-17-18-14(19)6-7-16-8-12(20)9-21-13-4-2-11(15)3-5-13/h2-5,10,12,16,20H,6-9H2,1H3. The van der Waals surface area contributed by atoms with Crippen LogP contribution in [0, 0.1) is 5.82 Å². The lowest BCUT2D eigenvalue weighted by molar-refractivity contribution is 0.106. The van der Waals surface area contributed by atoms with Crippen LogP contribution in [0.25, 0.3) is 0 Å². The second kappa shape index (κ2) is 7.70. The third kappa shape index (κ3) is 5.13. The van der Waals surface area contributed by atoms with Gasteiger partial charge in [-0.3, -0.25) is 0 Å². The van der Waals surface area contributed by atoms with Gasteiger partial charge in [-0.25, -0.2) is 4.39 Å². The summed E-state index contributed by atoms with van der Waals surface area (Å²) in [7, 11) is 1.89. The molecule has 1 aromatic carbocycles. The van der Waals surface area contributed by atoms with Crippen LogP contribution in [0.4, 0.5) is 4.39 Å². The molecule has 114 valence electrons. The monoisotopic (exact) mass is 294 g/mol. The van der Waals surface area contributed by atoms with Crippen molar-refractivity contribution in [2.45, 2.75) is 12.5 Å². The highest BCUT2D eigenvalue weighted by Gasteiger charge is 2.06. The number of hydrogen-bond donors (Lipinski definition) is 2. The van der Waals surface area contributed by atoms with E-state index in [9.17, 15) is 9.50 Å². The zero-order valence-corrected chi connectivity index (χ0v) is 11.9. The van der Waals surface area contributed by atoms with Crippen LogP contribution in [0.15, 0.2) is 30.6 Å². The Morgan fingerprint density at radius 2 is 2.14 bits per heavy atom. The zero-order chi connectivity index (χ0) is 15.1. The smallest absolute Gasteiger partial charge is 0.133 e. The number of nitrogens with one attached hydrogen (secondary N) is 1. The third-order valence-corrected chi connectivity index (χ3v) is 2.97. The van der Waals surface area contributed by atoms with Gasteiger partial charge < -0.3 is 19.7 Å². The first-order valence-electron chi connectivity index (χ1n) is 6.75. The molecule has 1 unspecified atom stereocenters. The van der Waals surface area contributed by atoms with Crippen LogP contribution >= 0.6 is 0 Å². The number of aliphatic hydroxyl groups excluding tert-OH is 1. The van der Waals surface area contributed by atoms with Crippen LogP contribution in [0.1, 0.15) is 5.82 Å². The fourth-order valence-corrected chi connectivity index (χ4v) is 1.78. The summed E-state index contributed by atoms with van der Waals surface area (Å²) in [5, 5.41) is 20.7. The van der Waals surface area contributed by atoms with Gasteiger partial charge in [0.15, 0.2) is 0 Å². The van der Waals surface area contributed by atoms with Crippen molar-refractivity contribution < 1.29 is 14.2 Å². The highest BCUT2D eigenvalue weighted by atomic mass is 19.1. The average Bonchev–Trinajstić information content (AvgIpc) is 2.88. The fraction of sp³-hybridized carbons (Fsp3) is 0.429. The van der Waals surface area contributed by atoms with E-state index in [1.54, 1.807) is 6.33 Å². The van der Waals surface area contributed by atoms with Crippen LogP contribution in [0.3, 0.4) is 0 Å². The Hall–Kier alpha value is -1.99. The Labute approximate surface area is 122 Å². The van der Waals surface area contributed by atoms with E-state index in [0.29, 0.717) is 18.8 Å². The van der Waals surface area contributed by atoms with E-state index in [0.717, 1.165) is 12.2 Å². The van der Waals surface area contributed by atoms with Crippen molar-refractivity contribution in [2.24, 2.45) is 7.05 Å². The Morgan fingerprint density at radius 1 is 1.38 bits per heavy atom. The average molecular weight is 294 g/mol. The molecule has 2 N–H and O–H groups in total. The first kappa shape index (κ1) is 15.4. The van der Waals surface area contributed by atoms with Gasteiger partial charge >= 0.3 is 0 Å². The molecule has 0 radical (unpaired) electrons. The second-order valence-corrected chi connectivity index (χ2v) is 4.73. The van der Waals surface area contributed by atoms with Crippen molar-refractivity contribution in [1.82, 2.24) is 20.1 Å². The van der Waals surface area contributed by atoms with Crippen LogP contribution in [0.2, 0.25) is 0 Å². The Kier molecular flexibility index (Phi) is 5.65. The van der Waals surface area contributed by atoms with Crippen molar-refractivity contribution in [3.05, 3.63) is 42.2 Å². The van der Waals surface area contributed by atoms with E-state index >= 15 is 0 Å². The number of nitrogens with zero attached hydrogens (tertiary/aromatic N) is 3. The van der Waals surface area contributed by atoms with Crippen LogP contribution < -0.4 is 10.1 Å². The van der Waals surface area contributed by atoms with Crippen molar-refractivity contribution in [3.8, 4) is 5.75 Å². The second-order valence-electron chi connectivity index (χ2n) is 4.73. The maximum Gasteiger partial charge on any atom is 0.133 e. The number of aryl methyl sites for hydroxylation is 1. The van der Waals surface area contributed by atoms with Gasteiger partial charge in [0.05, 0.1) is 0 Å². The van der Waals surface area contributed by atoms with E-state index in [1.807, 2.05) is 11.6 Å². The van der Waals surface area contributed by atoms with Gasteiger partial charge in [-0.1, -0.05) is 0 Å². The molecule has 7 heteroatoms. The number of halogens is 1. The normalized spacial score (nSPS) is 12.3. The van der Waals surface area contributed by atoms with Gasteiger partial charge in [0.1, 0.15) is 36.4 Å². The fourth-order valence-electron chi connectivity index (χ4n) is 1.78. The van der Waals surface area contributed by atoms with Gasteiger partial charge in [-0.15, -0.1) is 10.2 Å². The molecule has 0 amide bonds. The quantitative estimate of drug-likeness (QED) is 0.695. The molecule has 2 aromatic rings. The van der Waals surface area contributed by atoms with E-state index in [1.165, 1.54) is 24.3 Å². The van der Waals surface area contributed by atoms with E-state index < -0.39 is 6.10 Å². The first-order valence-corrected chi connectivity index (χ1v) is 6.75. The first-order chi connectivity index (χ1) is 10.1. The lowest BCUT2D eigenvalue weighted by atomic mass is 10.3. The predicted octanol–water partition coefficient (Wildman–Crippen LogP) is 0.526. The lowest BCUT2D eigenvalue weighted by Crippen LogP contribution is -2.32. The van der Waals surface area contributed by atoms with Gasteiger partial charge in [-0.2, -0.15) is 0 Å². The molecule has 0 aliphatic carbocycles. The van der Waals surface area contributed by atoms with Crippen LogP contribution in [-0.2, 0) is 13.5 Å². The maximum absolute atomic E-state index is 12.7. The molecular weight excluding hydrogens is 275 g/mol. The number of ether oxygens (including phenoxy) is 1. The van der Waals surface area contributed by atoms with E-state index in [2.05, 4.69) is 15.5 Å². The third-order valence-electron chi connectivity index (χ3n) is 2.97. The van der Waals surface area contributed by atoms with Crippen molar-refractivity contribution in [2.75, 3.05) is 19.7 Å². The molecule has 2 rings (SSSR count). The van der Waals surface area contributed by atoms with E-state index in [4.69, 9.17) is 4.74 Å². The molecule has 0 bridgehead atoms. The molecule has 1 aromatic heterocycles. The summed E-state index contributed by atoms with van der Waals surface area (Å²) in [6.45, 7) is 1.27. The summed E-state index contributed by atoms with van der Waals surface area (Å²) in [6, 6.07) is 5.70. The van der Waals surface area contributed by atoms with Crippen LogP contribution in [0.5, 0.6) is 5.75 Å². The predicted molar refractivity (Wildman–Crippen MR) is 75.5 cm³/mol. The van der Waals surface area contributed by atoms with E-state index in [-0.39, 0.29) is 12.4 Å². The minimum absolute atomic E-state index is 0.155. The van der Waals surface area contributed by atoms with Gasteiger partial charge in [0.25, 0.3) is 0 Å². The molecule has 21 heavy (non-hydrogen) atoms. The minimum atomic E-state index is -0.630. The molecule has 0 saturated carbocycles. The zero-order valence-electron chi connectivity index (χ0n) is 11.9. The molecule has 1 heterocycles. The molecular formula is C14H19FN4O2. The Bertz CT molecular complexity index is 544. The topological polar surface area (TPSA) is 72.2 Å². The Balaban J connectivity index is 1.60. The SMILES string of the molecule is Cn1cnnc1CCNCC(O)COc1ccc(F)cc1. The summed E-state index contributed by atoms with van der Waals surface area (Å²) in [6.07, 6.45) is 1.76. The highest BCUT2D eigenvalue weighted by Crippen LogP contribution is 2.11. The molecule has 6 nitrogen and oxygen atoms in total. The molecule has 1 atom stereocenters. The summed E-state index contributed by atoms with van der Waals surface area (Å²) >= 11 is 0. The van der Waals surface area contributed by atoms with Gasteiger partial charge in [0, 0.05) is 26.6 Å². The molecule has 0 spiro atoms. The summed E-state index contributed by atoms with van der Waals surface area (Å²) < 4.78 is 19.9. The number of rotatable bonds is 8. The number of hydrogen-bond acceptors (Lipinski definition) is 5. The maximum atomic E-state index is 12.7. The molecule has 0 aliphatic heterocycles. The summed E-state index contributed by atoms with van der Waals surface area (Å²) in [4.78, 5) is 0. The summed E-state index contributed by atoms with van der Waals surface area (Å²) in [5.74, 6) is 1.11. The largest absolute Gasteiger partial charge is 0.491 e. The number of benzene rings is 1. The van der Waals surface area contributed by atoms with Crippen molar-refractivity contribution in [3.63, 3.8) is 0 Å². The summed E-state index contributed by atoms with van der Waals surface area (Å²) in [5.41, 5.74) is 0. The lowest BCUT2D eigenvalue weighted by Gasteiger charge is -2.13. The number of aromatic nitrogens is 3. The van der Waals surface area contributed by atoms with Crippen molar-refractivity contribution >= 4 is 0 Å². The number of aliphatic hydroxyl groups is 1.